The molecule has 0 saturated carbocycles. The summed E-state index contributed by atoms with van der Waals surface area (Å²) in [4.78, 5) is 2.31. The van der Waals surface area contributed by atoms with E-state index in [1.54, 1.807) is 0 Å². The number of likely N-dealkylation sites (N-methyl/N-ethyl adjacent to an activating group) is 1. The van der Waals surface area contributed by atoms with Crippen LogP contribution >= 0.6 is 0 Å². The second-order valence-electron chi connectivity index (χ2n) is 5.41. The van der Waals surface area contributed by atoms with Crippen molar-refractivity contribution in [1.82, 2.24) is 4.90 Å². The maximum Gasteiger partial charge on any atom is 0.0510 e. The van der Waals surface area contributed by atoms with E-state index in [0.29, 0.717) is 5.92 Å². The van der Waals surface area contributed by atoms with Crippen LogP contribution in [-0.4, -0.2) is 37.7 Å². The Labute approximate surface area is 110 Å². The molecule has 2 unspecified atom stereocenters. The first-order valence-electron chi connectivity index (χ1n) is 6.73. The third kappa shape index (κ3) is 3.55. The normalized spacial score (nSPS) is 21.4. The zero-order valence-electron chi connectivity index (χ0n) is 11.4. The lowest BCUT2D eigenvalue weighted by Crippen LogP contribution is -2.40. The summed E-state index contributed by atoms with van der Waals surface area (Å²) < 4.78 is 5.40. The lowest BCUT2D eigenvalue weighted by molar-refractivity contribution is 0.173. The Morgan fingerprint density at radius 2 is 2.22 bits per heavy atom. The molecule has 0 amide bonds. The van der Waals surface area contributed by atoms with E-state index in [1.807, 2.05) is 0 Å². The summed E-state index contributed by atoms with van der Waals surface area (Å²) in [6.07, 6.45) is 1.11. The van der Waals surface area contributed by atoms with Crippen LogP contribution in [0.4, 0.5) is 0 Å². The van der Waals surface area contributed by atoms with Crippen LogP contribution < -0.4 is 5.73 Å². The predicted octanol–water partition coefficient (Wildman–Crippen LogP) is 1.79. The third-order valence-corrected chi connectivity index (χ3v) is 3.79. The highest BCUT2D eigenvalue weighted by atomic mass is 16.5. The van der Waals surface area contributed by atoms with Gasteiger partial charge in [-0.05, 0) is 31.5 Å². The molecular formula is C15H24N2O. The standard InChI is InChI=1S/C15H24N2O/c1-12-5-3-4-6-13(12)9-17(2)10-15(16)14-7-8-18-11-14/h3-6,14-15H,7-11,16H2,1-2H3. The van der Waals surface area contributed by atoms with Crippen LogP contribution in [0.25, 0.3) is 0 Å². The van der Waals surface area contributed by atoms with Crippen molar-refractivity contribution in [3.8, 4) is 0 Å². The predicted molar refractivity (Wildman–Crippen MR) is 74.4 cm³/mol. The molecule has 1 aliphatic heterocycles. The highest BCUT2D eigenvalue weighted by Gasteiger charge is 2.23. The first kappa shape index (κ1) is 13.5. The molecule has 1 aromatic carbocycles. The van der Waals surface area contributed by atoms with Gasteiger partial charge in [0.05, 0.1) is 6.61 Å². The van der Waals surface area contributed by atoms with Crippen LogP contribution in [0.1, 0.15) is 17.5 Å². The third-order valence-electron chi connectivity index (χ3n) is 3.79. The number of aryl methyl sites for hydroxylation is 1. The van der Waals surface area contributed by atoms with E-state index in [2.05, 4.69) is 43.1 Å². The van der Waals surface area contributed by atoms with Crippen LogP contribution in [0.5, 0.6) is 0 Å². The molecule has 0 aromatic heterocycles. The van der Waals surface area contributed by atoms with Crippen LogP contribution in [0.15, 0.2) is 24.3 Å². The van der Waals surface area contributed by atoms with Crippen molar-refractivity contribution in [3.05, 3.63) is 35.4 Å². The zero-order chi connectivity index (χ0) is 13.0. The van der Waals surface area contributed by atoms with Crippen LogP contribution in [0.2, 0.25) is 0 Å². The molecule has 1 aromatic rings. The number of rotatable bonds is 5. The quantitative estimate of drug-likeness (QED) is 0.863. The van der Waals surface area contributed by atoms with E-state index < -0.39 is 0 Å². The molecular weight excluding hydrogens is 224 g/mol. The van der Waals surface area contributed by atoms with Crippen molar-refractivity contribution in [2.75, 3.05) is 26.8 Å². The molecule has 3 heteroatoms. The van der Waals surface area contributed by atoms with Crippen molar-refractivity contribution in [1.29, 1.82) is 0 Å². The number of ether oxygens (including phenoxy) is 1. The number of hydrogen-bond donors (Lipinski definition) is 1. The van der Waals surface area contributed by atoms with E-state index in [-0.39, 0.29) is 6.04 Å². The van der Waals surface area contributed by atoms with Crippen molar-refractivity contribution < 1.29 is 4.74 Å². The topological polar surface area (TPSA) is 38.5 Å². The second kappa shape index (κ2) is 6.32. The molecule has 18 heavy (non-hydrogen) atoms. The minimum absolute atomic E-state index is 0.224. The summed E-state index contributed by atoms with van der Waals surface area (Å²) in [5.74, 6) is 0.532. The van der Waals surface area contributed by atoms with Gasteiger partial charge in [0.1, 0.15) is 0 Å². The average Bonchev–Trinajstić information content (AvgIpc) is 2.85. The highest BCUT2D eigenvalue weighted by Crippen LogP contribution is 2.17. The van der Waals surface area contributed by atoms with Gasteiger partial charge in [-0.25, -0.2) is 0 Å². The second-order valence-corrected chi connectivity index (χ2v) is 5.41. The van der Waals surface area contributed by atoms with Crippen molar-refractivity contribution >= 4 is 0 Å². The number of nitrogens with two attached hydrogens (primary N) is 1. The van der Waals surface area contributed by atoms with Gasteiger partial charge in [0.2, 0.25) is 0 Å². The Balaban J connectivity index is 1.84. The Morgan fingerprint density at radius 1 is 1.44 bits per heavy atom. The monoisotopic (exact) mass is 248 g/mol. The maximum atomic E-state index is 6.25. The molecule has 2 atom stereocenters. The van der Waals surface area contributed by atoms with Gasteiger partial charge in [0, 0.05) is 31.7 Å². The maximum absolute atomic E-state index is 6.25. The molecule has 3 nitrogen and oxygen atoms in total. The fourth-order valence-electron chi connectivity index (χ4n) is 2.54. The Morgan fingerprint density at radius 3 is 2.89 bits per heavy atom. The summed E-state index contributed by atoms with van der Waals surface area (Å²) in [6, 6.07) is 8.76. The molecule has 0 radical (unpaired) electrons. The van der Waals surface area contributed by atoms with E-state index >= 15 is 0 Å². The average molecular weight is 248 g/mol. The van der Waals surface area contributed by atoms with Gasteiger partial charge in [-0.1, -0.05) is 24.3 Å². The van der Waals surface area contributed by atoms with Gasteiger partial charge in [-0.3, -0.25) is 0 Å². The Kier molecular flexibility index (Phi) is 4.75. The van der Waals surface area contributed by atoms with Crippen molar-refractivity contribution in [2.45, 2.75) is 25.9 Å². The molecule has 1 saturated heterocycles. The van der Waals surface area contributed by atoms with Gasteiger partial charge >= 0.3 is 0 Å². The number of nitrogens with zero attached hydrogens (tertiary/aromatic N) is 1. The van der Waals surface area contributed by atoms with E-state index in [1.165, 1.54) is 11.1 Å². The van der Waals surface area contributed by atoms with Gasteiger partial charge < -0.3 is 15.4 Å². The molecule has 100 valence electrons. The fourth-order valence-corrected chi connectivity index (χ4v) is 2.54. The summed E-state index contributed by atoms with van der Waals surface area (Å²) in [6.45, 7) is 5.77. The molecule has 1 fully saturated rings. The van der Waals surface area contributed by atoms with Crippen LogP contribution in [-0.2, 0) is 11.3 Å². The summed E-state index contributed by atoms with van der Waals surface area (Å²) in [7, 11) is 2.14. The van der Waals surface area contributed by atoms with Crippen LogP contribution in [0.3, 0.4) is 0 Å². The number of hydrogen-bond acceptors (Lipinski definition) is 3. The minimum atomic E-state index is 0.224. The highest BCUT2D eigenvalue weighted by molar-refractivity contribution is 5.25. The van der Waals surface area contributed by atoms with Gasteiger partial charge in [-0.15, -0.1) is 0 Å². The molecule has 2 rings (SSSR count). The van der Waals surface area contributed by atoms with E-state index in [4.69, 9.17) is 10.5 Å². The fraction of sp³-hybridized carbons (Fsp3) is 0.600. The first-order chi connectivity index (χ1) is 8.66. The minimum Gasteiger partial charge on any atom is -0.381 e. The molecule has 0 aliphatic carbocycles. The van der Waals surface area contributed by atoms with E-state index in [0.717, 1.165) is 32.7 Å². The van der Waals surface area contributed by atoms with Crippen molar-refractivity contribution in [2.24, 2.45) is 11.7 Å². The molecule has 0 spiro atoms. The summed E-state index contributed by atoms with van der Waals surface area (Å²) in [5.41, 5.74) is 8.98. The van der Waals surface area contributed by atoms with Gasteiger partial charge in [-0.2, -0.15) is 0 Å². The smallest absolute Gasteiger partial charge is 0.0510 e. The molecule has 1 heterocycles. The lowest BCUT2D eigenvalue weighted by atomic mass is 9.99. The van der Waals surface area contributed by atoms with Gasteiger partial charge in [0.25, 0.3) is 0 Å². The SMILES string of the molecule is Cc1ccccc1CN(C)CC(N)C1CCOC1. The zero-order valence-corrected chi connectivity index (χ0v) is 11.4. The van der Waals surface area contributed by atoms with Crippen LogP contribution in [0, 0.1) is 12.8 Å². The number of benzene rings is 1. The largest absolute Gasteiger partial charge is 0.381 e. The Hall–Kier alpha value is -0.900. The summed E-state index contributed by atoms with van der Waals surface area (Å²) >= 11 is 0. The lowest BCUT2D eigenvalue weighted by Gasteiger charge is -2.25. The van der Waals surface area contributed by atoms with E-state index in [9.17, 15) is 0 Å². The van der Waals surface area contributed by atoms with Gasteiger partial charge in [0.15, 0.2) is 0 Å². The molecule has 0 bridgehead atoms. The first-order valence-corrected chi connectivity index (χ1v) is 6.73. The van der Waals surface area contributed by atoms with Crippen molar-refractivity contribution in [3.63, 3.8) is 0 Å². The Bertz CT molecular complexity index is 375. The summed E-state index contributed by atoms with van der Waals surface area (Å²) in [5, 5.41) is 0. The molecule has 1 aliphatic rings. The molecule has 2 N–H and O–H groups in total.